The first-order valence-corrected chi connectivity index (χ1v) is 10.5. The third kappa shape index (κ3) is 6.69. The SMILES string of the molecule is CCc1ccc(CNC(=NCc2ccc(OC)cc2)NCc2nnc(C)n2C)s1.I. The van der Waals surface area contributed by atoms with Gasteiger partial charge in [-0.15, -0.1) is 45.5 Å². The summed E-state index contributed by atoms with van der Waals surface area (Å²) in [5.41, 5.74) is 1.12. The molecule has 2 aromatic heterocycles. The molecule has 1 aromatic carbocycles. The Morgan fingerprint density at radius 1 is 1.07 bits per heavy atom. The van der Waals surface area contributed by atoms with Gasteiger partial charge in [-0.1, -0.05) is 19.1 Å². The number of benzene rings is 1. The molecule has 0 bridgehead atoms. The molecule has 0 unspecified atom stereocenters. The monoisotopic (exact) mass is 540 g/mol. The highest BCUT2D eigenvalue weighted by Gasteiger charge is 2.07. The van der Waals surface area contributed by atoms with Crippen LogP contribution in [-0.2, 0) is 33.1 Å². The third-order valence-corrected chi connectivity index (χ3v) is 5.90. The van der Waals surface area contributed by atoms with Gasteiger partial charge in [-0.2, -0.15) is 0 Å². The average Bonchev–Trinajstić information content (AvgIpc) is 3.34. The maximum absolute atomic E-state index is 5.22. The lowest BCUT2D eigenvalue weighted by Gasteiger charge is -2.12. The van der Waals surface area contributed by atoms with Gasteiger partial charge in [0.15, 0.2) is 11.8 Å². The molecule has 9 heteroatoms. The van der Waals surface area contributed by atoms with Crippen molar-refractivity contribution in [3.05, 3.63) is 63.4 Å². The quantitative estimate of drug-likeness (QED) is 0.258. The molecule has 0 fully saturated rings. The van der Waals surface area contributed by atoms with Gasteiger partial charge >= 0.3 is 0 Å². The number of hydrogen-bond donors (Lipinski definition) is 2. The second-order valence-corrected chi connectivity index (χ2v) is 7.92. The van der Waals surface area contributed by atoms with Gasteiger partial charge in [0, 0.05) is 16.8 Å². The maximum atomic E-state index is 5.22. The van der Waals surface area contributed by atoms with Gasteiger partial charge in [0.1, 0.15) is 11.6 Å². The van der Waals surface area contributed by atoms with Gasteiger partial charge in [0.05, 0.1) is 26.7 Å². The van der Waals surface area contributed by atoms with Gasteiger partial charge in [-0.25, -0.2) is 4.99 Å². The molecule has 0 atom stereocenters. The first kappa shape index (κ1) is 24.1. The highest BCUT2D eigenvalue weighted by atomic mass is 127. The molecule has 30 heavy (non-hydrogen) atoms. The molecule has 2 heterocycles. The van der Waals surface area contributed by atoms with Gasteiger partial charge in [0.2, 0.25) is 0 Å². The van der Waals surface area contributed by atoms with Crippen molar-refractivity contribution in [3.8, 4) is 5.75 Å². The molecule has 0 spiro atoms. The van der Waals surface area contributed by atoms with Crippen LogP contribution in [0, 0.1) is 6.92 Å². The Morgan fingerprint density at radius 3 is 2.37 bits per heavy atom. The van der Waals surface area contributed by atoms with E-state index < -0.39 is 0 Å². The zero-order valence-electron chi connectivity index (χ0n) is 17.8. The summed E-state index contributed by atoms with van der Waals surface area (Å²) >= 11 is 1.83. The number of nitrogens with zero attached hydrogens (tertiary/aromatic N) is 4. The molecule has 0 saturated carbocycles. The number of nitrogens with one attached hydrogen (secondary N) is 2. The average molecular weight is 540 g/mol. The van der Waals surface area contributed by atoms with Crippen LogP contribution in [0.2, 0.25) is 0 Å². The van der Waals surface area contributed by atoms with Crippen molar-refractivity contribution in [2.75, 3.05) is 7.11 Å². The number of halogens is 1. The summed E-state index contributed by atoms with van der Waals surface area (Å²) in [4.78, 5) is 7.42. The Balaban J connectivity index is 0.00000320. The molecule has 162 valence electrons. The first-order valence-electron chi connectivity index (χ1n) is 9.66. The molecule has 0 aliphatic heterocycles. The molecule has 0 aliphatic rings. The summed E-state index contributed by atoms with van der Waals surface area (Å²) in [6.45, 7) is 5.97. The molecule has 0 radical (unpaired) electrons. The summed E-state index contributed by atoms with van der Waals surface area (Å²) < 4.78 is 7.19. The fraction of sp³-hybridized carbons (Fsp3) is 0.381. The van der Waals surface area contributed by atoms with E-state index in [1.54, 1.807) is 7.11 Å². The summed E-state index contributed by atoms with van der Waals surface area (Å²) in [5, 5.41) is 15.1. The van der Waals surface area contributed by atoms with Crippen LogP contribution in [0.4, 0.5) is 0 Å². The second kappa shape index (κ2) is 11.9. The van der Waals surface area contributed by atoms with Crippen LogP contribution in [0.1, 0.15) is 33.9 Å². The summed E-state index contributed by atoms with van der Waals surface area (Å²) in [7, 11) is 3.63. The molecule has 2 N–H and O–H groups in total. The first-order chi connectivity index (χ1) is 14.1. The van der Waals surface area contributed by atoms with Gasteiger partial charge in [-0.05, 0) is 43.2 Å². The van der Waals surface area contributed by atoms with Crippen molar-refractivity contribution in [2.24, 2.45) is 12.0 Å². The number of aromatic nitrogens is 3. The molecule has 0 saturated heterocycles. The minimum absolute atomic E-state index is 0. The molecule has 7 nitrogen and oxygen atoms in total. The van der Waals surface area contributed by atoms with Crippen LogP contribution >= 0.6 is 35.3 Å². The Labute approximate surface area is 199 Å². The number of guanidine groups is 1. The molecule has 0 aliphatic carbocycles. The van der Waals surface area contributed by atoms with Crippen LogP contribution in [0.25, 0.3) is 0 Å². The largest absolute Gasteiger partial charge is 0.497 e. The van der Waals surface area contributed by atoms with E-state index in [-0.39, 0.29) is 24.0 Å². The van der Waals surface area contributed by atoms with Crippen molar-refractivity contribution in [2.45, 2.75) is 39.9 Å². The Bertz CT molecular complexity index is 951. The topological polar surface area (TPSA) is 76.4 Å². The summed E-state index contributed by atoms with van der Waals surface area (Å²) in [6.07, 6.45) is 1.06. The number of aryl methyl sites for hydroxylation is 2. The minimum atomic E-state index is 0. The van der Waals surface area contributed by atoms with E-state index in [1.165, 1.54) is 9.75 Å². The van der Waals surface area contributed by atoms with Crippen molar-refractivity contribution < 1.29 is 4.74 Å². The van der Waals surface area contributed by atoms with Crippen molar-refractivity contribution >= 4 is 41.3 Å². The highest BCUT2D eigenvalue weighted by Crippen LogP contribution is 2.16. The summed E-state index contributed by atoms with van der Waals surface area (Å²) in [5.74, 6) is 3.34. The zero-order valence-corrected chi connectivity index (χ0v) is 21.0. The van der Waals surface area contributed by atoms with E-state index in [9.17, 15) is 0 Å². The molecule has 3 rings (SSSR count). The normalized spacial score (nSPS) is 11.1. The van der Waals surface area contributed by atoms with E-state index in [0.29, 0.717) is 13.1 Å². The lowest BCUT2D eigenvalue weighted by molar-refractivity contribution is 0.414. The Morgan fingerprint density at radius 2 is 1.77 bits per heavy atom. The minimum Gasteiger partial charge on any atom is -0.497 e. The number of hydrogen-bond acceptors (Lipinski definition) is 5. The second-order valence-electron chi connectivity index (χ2n) is 6.66. The van der Waals surface area contributed by atoms with E-state index in [4.69, 9.17) is 9.73 Å². The fourth-order valence-electron chi connectivity index (χ4n) is 2.72. The lowest BCUT2D eigenvalue weighted by Crippen LogP contribution is -2.37. The highest BCUT2D eigenvalue weighted by molar-refractivity contribution is 14.0. The van der Waals surface area contributed by atoms with Crippen molar-refractivity contribution in [1.82, 2.24) is 25.4 Å². The van der Waals surface area contributed by atoms with Crippen LogP contribution in [-0.4, -0.2) is 27.8 Å². The van der Waals surface area contributed by atoms with E-state index in [0.717, 1.165) is 41.9 Å². The molecular weight excluding hydrogens is 511 g/mol. The number of thiophene rings is 1. The van der Waals surface area contributed by atoms with Crippen LogP contribution in [0.15, 0.2) is 41.4 Å². The Hall–Kier alpha value is -2.14. The smallest absolute Gasteiger partial charge is 0.192 e. The standard InChI is InChI=1S/C21H28N6OS.HI/c1-5-18-10-11-19(29-18)13-23-21(24-14-20-26-25-15(2)27(20)3)22-12-16-6-8-17(28-4)9-7-16;/h6-11H,5,12-14H2,1-4H3,(H2,22,23,24);1H. The summed E-state index contributed by atoms with van der Waals surface area (Å²) in [6, 6.07) is 12.3. The zero-order chi connectivity index (χ0) is 20.6. The predicted molar refractivity (Wildman–Crippen MR) is 133 cm³/mol. The van der Waals surface area contributed by atoms with E-state index in [1.807, 2.05) is 54.1 Å². The van der Waals surface area contributed by atoms with Crippen molar-refractivity contribution in [1.29, 1.82) is 0 Å². The lowest BCUT2D eigenvalue weighted by atomic mass is 10.2. The number of ether oxygens (including phenoxy) is 1. The Kier molecular flexibility index (Phi) is 9.57. The van der Waals surface area contributed by atoms with E-state index in [2.05, 4.69) is 39.9 Å². The molecular formula is C21H29IN6OS. The van der Waals surface area contributed by atoms with Crippen LogP contribution in [0.5, 0.6) is 5.75 Å². The van der Waals surface area contributed by atoms with Gasteiger partial charge in [-0.3, -0.25) is 0 Å². The van der Waals surface area contributed by atoms with Gasteiger partial charge < -0.3 is 19.9 Å². The fourth-order valence-corrected chi connectivity index (χ4v) is 3.62. The maximum Gasteiger partial charge on any atom is 0.192 e. The predicted octanol–water partition coefficient (Wildman–Crippen LogP) is 3.81. The number of rotatable bonds is 8. The molecule has 0 amide bonds. The van der Waals surface area contributed by atoms with Gasteiger partial charge in [0.25, 0.3) is 0 Å². The number of methoxy groups -OCH3 is 1. The number of aliphatic imine (C=N–C) groups is 1. The van der Waals surface area contributed by atoms with Crippen molar-refractivity contribution in [3.63, 3.8) is 0 Å². The molecule has 3 aromatic rings. The third-order valence-electron chi connectivity index (χ3n) is 4.67. The van der Waals surface area contributed by atoms with Crippen LogP contribution < -0.4 is 15.4 Å². The van der Waals surface area contributed by atoms with E-state index >= 15 is 0 Å². The van der Waals surface area contributed by atoms with Crippen LogP contribution in [0.3, 0.4) is 0 Å².